The fourth-order valence-corrected chi connectivity index (χ4v) is 6.26. The van der Waals surface area contributed by atoms with Gasteiger partial charge >= 0.3 is 6.01 Å². The molecule has 38 heavy (non-hydrogen) atoms. The number of rotatable bonds is 6. The second-order valence-electron chi connectivity index (χ2n) is 11.2. The van der Waals surface area contributed by atoms with E-state index < -0.39 is 17.5 Å². The minimum absolute atomic E-state index is 0.00285. The Bertz CT molecular complexity index is 1360. The first-order valence-corrected chi connectivity index (χ1v) is 13.0. The van der Waals surface area contributed by atoms with Gasteiger partial charge in [0, 0.05) is 22.7 Å². The van der Waals surface area contributed by atoms with Gasteiger partial charge in [0.15, 0.2) is 17.5 Å². The molecule has 3 aliphatic rings. The van der Waals surface area contributed by atoms with Crippen LogP contribution in [0, 0.1) is 5.82 Å². The Morgan fingerprint density at radius 3 is 2.63 bits per heavy atom. The average molecular weight is 524 g/mol. The van der Waals surface area contributed by atoms with E-state index in [1.807, 2.05) is 6.92 Å². The van der Waals surface area contributed by atoms with Crippen LogP contribution < -0.4 is 15.0 Å². The maximum atomic E-state index is 16.0. The molecule has 3 fully saturated rings. The van der Waals surface area contributed by atoms with Crippen molar-refractivity contribution in [3.8, 4) is 34.4 Å². The highest BCUT2D eigenvalue weighted by Crippen LogP contribution is 2.46. The van der Waals surface area contributed by atoms with Gasteiger partial charge in [0.1, 0.15) is 17.6 Å². The van der Waals surface area contributed by atoms with E-state index in [0.717, 1.165) is 38.3 Å². The summed E-state index contributed by atoms with van der Waals surface area (Å²) in [5.41, 5.74) is 0.0100. The van der Waals surface area contributed by atoms with Gasteiger partial charge in [-0.2, -0.15) is 4.98 Å². The Morgan fingerprint density at radius 1 is 1.13 bits per heavy atom. The molecule has 3 aromatic rings. The SMILES string of the molecule is COc1ncc(F)c(-c2ccc(-c3ncc(N(C4CC4)[C@@H]4C[C@@]5(C)CCC[C@](C)(N5)[C@@H]4F)nn3)c(O)c2)n1. The number of aromatic nitrogens is 5. The highest BCUT2D eigenvalue weighted by Gasteiger charge is 2.55. The molecule has 0 unspecified atom stereocenters. The van der Waals surface area contributed by atoms with E-state index >= 15 is 4.39 Å². The summed E-state index contributed by atoms with van der Waals surface area (Å²) in [5.74, 6) is -0.0326. The van der Waals surface area contributed by atoms with Crippen LogP contribution in [0.3, 0.4) is 0 Å². The van der Waals surface area contributed by atoms with Crippen LogP contribution in [0.5, 0.6) is 11.8 Å². The standard InChI is InChI=1S/C27H31F2N7O2/c1-26-9-4-10-27(2,35-26)23(29)19(12-26)36(16-6-7-16)21-14-30-24(34-33-21)17-8-5-15(11-20(17)37)22-18(28)13-31-25(32-22)38-3/h5,8,11,13-14,16,19,23,35,37H,4,6-7,9-10,12H2,1-3H3/t19-,23-,26-,27+/m1/s1. The number of phenols is 1. The number of hydrogen-bond donors (Lipinski definition) is 2. The summed E-state index contributed by atoms with van der Waals surface area (Å²) in [6.45, 7) is 4.19. The van der Waals surface area contributed by atoms with E-state index in [2.05, 4.69) is 42.3 Å². The highest BCUT2D eigenvalue weighted by atomic mass is 19.1. The van der Waals surface area contributed by atoms with Crippen molar-refractivity contribution in [3.63, 3.8) is 0 Å². The van der Waals surface area contributed by atoms with E-state index in [1.165, 1.54) is 13.2 Å². The summed E-state index contributed by atoms with van der Waals surface area (Å²) >= 11 is 0. The first kappa shape index (κ1) is 24.8. The van der Waals surface area contributed by atoms with Crippen molar-refractivity contribution >= 4 is 5.82 Å². The minimum atomic E-state index is -1.05. The lowest BCUT2D eigenvalue weighted by Gasteiger charge is -2.57. The zero-order valence-electron chi connectivity index (χ0n) is 21.7. The average Bonchev–Trinajstić information content (AvgIpc) is 3.73. The van der Waals surface area contributed by atoms with Gasteiger partial charge in [-0.3, -0.25) is 0 Å². The van der Waals surface area contributed by atoms with Crippen molar-refractivity contribution in [1.29, 1.82) is 0 Å². The number of nitrogens with one attached hydrogen (secondary N) is 1. The van der Waals surface area contributed by atoms with E-state index in [-0.39, 0.29) is 40.9 Å². The summed E-state index contributed by atoms with van der Waals surface area (Å²) in [6, 6.07) is 4.51. The fraction of sp³-hybridized carbons (Fsp3) is 0.519. The van der Waals surface area contributed by atoms with Crippen molar-refractivity contribution in [2.75, 3.05) is 12.0 Å². The van der Waals surface area contributed by atoms with Crippen LogP contribution in [-0.2, 0) is 0 Å². The molecule has 4 heterocycles. The molecular formula is C27H31F2N7O2. The minimum Gasteiger partial charge on any atom is -0.507 e. The fourth-order valence-electron chi connectivity index (χ4n) is 6.26. The van der Waals surface area contributed by atoms with Crippen LogP contribution in [0.4, 0.5) is 14.6 Å². The molecule has 2 saturated heterocycles. The number of anilines is 1. The van der Waals surface area contributed by atoms with E-state index in [4.69, 9.17) is 4.74 Å². The largest absolute Gasteiger partial charge is 0.507 e. The molecular weight excluding hydrogens is 492 g/mol. The number of benzene rings is 1. The van der Waals surface area contributed by atoms with Crippen molar-refractivity contribution in [3.05, 3.63) is 36.4 Å². The predicted molar refractivity (Wildman–Crippen MR) is 137 cm³/mol. The van der Waals surface area contributed by atoms with Gasteiger partial charge in [-0.15, -0.1) is 10.2 Å². The lowest BCUT2D eigenvalue weighted by Crippen LogP contribution is -2.73. The van der Waals surface area contributed by atoms with Gasteiger partial charge in [-0.25, -0.2) is 18.7 Å². The maximum absolute atomic E-state index is 16.0. The van der Waals surface area contributed by atoms with Crippen LogP contribution in [-0.4, -0.2) is 66.7 Å². The number of methoxy groups -OCH3 is 1. The lowest BCUT2D eigenvalue weighted by atomic mass is 9.68. The molecule has 1 aliphatic carbocycles. The molecule has 6 rings (SSSR count). The summed E-state index contributed by atoms with van der Waals surface area (Å²) in [4.78, 5) is 14.3. The zero-order valence-corrected chi connectivity index (χ0v) is 21.7. The Hall–Kier alpha value is -3.47. The molecule has 0 radical (unpaired) electrons. The Labute approximate surface area is 219 Å². The number of hydrogen-bond acceptors (Lipinski definition) is 9. The number of piperidine rings is 2. The Balaban J connectivity index is 1.28. The quantitative estimate of drug-likeness (QED) is 0.491. The number of alkyl halides is 1. The third-order valence-electron chi connectivity index (χ3n) is 8.15. The summed E-state index contributed by atoms with van der Waals surface area (Å²) in [5, 5.41) is 23.0. The molecule has 2 aliphatic heterocycles. The highest BCUT2D eigenvalue weighted by molar-refractivity contribution is 5.71. The number of halogens is 2. The van der Waals surface area contributed by atoms with Gasteiger partial charge < -0.3 is 20.1 Å². The van der Waals surface area contributed by atoms with Gasteiger partial charge in [-0.1, -0.05) is 6.07 Å². The van der Waals surface area contributed by atoms with E-state index in [1.54, 1.807) is 18.3 Å². The van der Waals surface area contributed by atoms with Crippen molar-refractivity contribution in [1.82, 2.24) is 30.5 Å². The molecule has 2 bridgehead atoms. The molecule has 200 valence electrons. The number of phenolic OH excluding ortho intramolecular Hbond substituents is 1. The topological polar surface area (TPSA) is 109 Å². The molecule has 2 N–H and O–H groups in total. The monoisotopic (exact) mass is 523 g/mol. The summed E-state index contributed by atoms with van der Waals surface area (Å²) in [7, 11) is 1.39. The number of ether oxygens (including phenoxy) is 1. The van der Waals surface area contributed by atoms with Crippen molar-refractivity contribution < 1.29 is 18.6 Å². The third kappa shape index (κ3) is 4.32. The van der Waals surface area contributed by atoms with Crippen LogP contribution in [0.2, 0.25) is 0 Å². The van der Waals surface area contributed by atoms with Crippen LogP contribution in [0.1, 0.15) is 52.4 Å². The Kier molecular flexibility index (Phi) is 5.93. The second-order valence-corrected chi connectivity index (χ2v) is 11.2. The first-order valence-electron chi connectivity index (χ1n) is 13.0. The van der Waals surface area contributed by atoms with E-state index in [9.17, 15) is 9.50 Å². The van der Waals surface area contributed by atoms with Gasteiger partial charge in [-0.05, 0) is 64.5 Å². The third-order valence-corrected chi connectivity index (χ3v) is 8.15. The number of fused-ring (bicyclic) bond motifs is 2. The van der Waals surface area contributed by atoms with E-state index in [0.29, 0.717) is 23.4 Å². The smallest absolute Gasteiger partial charge is 0.316 e. The number of aromatic hydroxyl groups is 1. The normalized spacial score (nSPS) is 28.7. The van der Waals surface area contributed by atoms with Gasteiger partial charge in [0.05, 0.1) is 31.1 Å². The first-order chi connectivity index (χ1) is 18.2. The summed E-state index contributed by atoms with van der Waals surface area (Å²) in [6.07, 6.45) is 7.09. The predicted octanol–water partition coefficient (Wildman–Crippen LogP) is 4.22. The molecule has 1 aromatic carbocycles. The second kappa shape index (κ2) is 9.07. The molecule has 11 heteroatoms. The molecule has 0 amide bonds. The van der Waals surface area contributed by atoms with Crippen LogP contribution in [0.15, 0.2) is 30.6 Å². The van der Waals surface area contributed by atoms with Crippen LogP contribution >= 0.6 is 0 Å². The van der Waals surface area contributed by atoms with Crippen molar-refractivity contribution in [2.24, 2.45) is 0 Å². The zero-order chi connectivity index (χ0) is 26.7. The molecule has 4 atom stereocenters. The lowest BCUT2D eigenvalue weighted by molar-refractivity contribution is 0.000258. The van der Waals surface area contributed by atoms with Crippen molar-refractivity contribution in [2.45, 2.75) is 81.7 Å². The van der Waals surface area contributed by atoms with Gasteiger partial charge in [0.2, 0.25) is 0 Å². The molecule has 9 nitrogen and oxygen atoms in total. The van der Waals surface area contributed by atoms with Crippen LogP contribution in [0.25, 0.3) is 22.6 Å². The Morgan fingerprint density at radius 2 is 1.95 bits per heavy atom. The summed E-state index contributed by atoms with van der Waals surface area (Å²) < 4.78 is 35.3. The maximum Gasteiger partial charge on any atom is 0.316 e. The molecule has 0 spiro atoms. The van der Waals surface area contributed by atoms with Gasteiger partial charge in [0.25, 0.3) is 0 Å². The molecule has 1 saturated carbocycles. The molecule has 2 aromatic heterocycles. The number of nitrogens with zero attached hydrogens (tertiary/aromatic N) is 6.